The standard InChI is InChI=1S/C14H21NO3/c1-9(2)10-6-7-11(12(8-10)18-5)15-14(3,4)13(16)17/h6-9,15H,1-5H3,(H,16,17). The maximum Gasteiger partial charge on any atom is 0.328 e. The van der Waals surface area contributed by atoms with Crippen LogP contribution < -0.4 is 10.1 Å². The van der Waals surface area contributed by atoms with Crippen molar-refractivity contribution in [3.8, 4) is 5.75 Å². The maximum absolute atomic E-state index is 11.1. The fraction of sp³-hybridized carbons (Fsp3) is 0.500. The number of nitrogens with one attached hydrogen (secondary N) is 1. The summed E-state index contributed by atoms with van der Waals surface area (Å²) in [5.41, 5.74) is 0.812. The first-order valence-corrected chi connectivity index (χ1v) is 5.97. The van der Waals surface area contributed by atoms with E-state index in [2.05, 4.69) is 19.2 Å². The van der Waals surface area contributed by atoms with Crippen molar-refractivity contribution in [1.82, 2.24) is 0 Å². The second-order valence-electron chi connectivity index (χ2n) is 5.17. The summed E-state index contributed by atoms with van der Waals surface area (Å²) in [5.74, 6) is 0.161. The van der Waals surface area contributed by atoms with Gasteiger partial charge in [0, 0.05) is 0 Å². The molecule has 1 aromatic rings. The molecule has 0 aromatic heterocycles. The van der Waals surface area contributed by atoms with Crippen LogP contribution in [0.25, 0.3) is 0 Å². The van der Waals surface area contributed by atoms with Gasteiger partial charge in [0.25, 0.3) is 0 Å². The molecule has 100 valence electrons. The van der Waals surface area contributed by atoms with E-state index in [0.29, 0.717) is 17.4 Å². The number of anilines is 1. The quantitative estimate of drug-likeness (QED) is 0.844. The molecule has 4 nitrogen and oxygen atoms in total. The molecule has 0 aliphatic heterocycles. The van der Waals surface area contributed by atoms with E-state index in [4.69, 9.17) is 9.84 Å². The van der Waals surface area contributed by atoms with Gasteiger partial charge in [0.2, 0.25) is 0 Å². The van der Waals surface area contributed by atoms with E-state index < -0.39 is 11.5 Å². The van der Waals surface area contributed by atoms with Gasteiger partial charge in [-0.1, -0.05) is 19.9 Å². The van der Waals surface area contributed by atoms with E-state index in [1.807, 2.05) is 18.2 Å². The van der Waals surface area contributed by atoms with Gasteiger partial charge in [-0.2, -0.15) is 0 Å². The Morgan fingerprint density at radius 2 is 2.00 bits per heavy atom. The summed E-state index contributed by atoms with van der Waals surface area (Å²) in [6.45, 7) is 7.43. The van der Waals surface area contributed by atoms with E-state index in [9.17, 15) is 4.79 Å². The largest absolute Gasteiger partial charge is 0.495 e. The number of rotatable bonds is 5. The summed E-state index contributed by atoms with van der Waals surface area (Å²) < 4.78 is 5.31. The fourth-order valence-electron chi connectivity index (χ4n) is 1.56. The Morgan fingerprint density at radius 1 is 1.39 bits per heavy atom. The molecule has 0 aliphatic rings. The first kappa shape index (κ1) is 14.4. The molecule has 18 heavy (non-hydrogen) atoms. The number of benzene rings is 1. The smallest absolute Gasteiger partial charge is 0.328 e. The van der Waals surface area contributed by atoms with Crippen molar-refractivity contribution in [2.45, 2.75) is 39.2 Å². The lowest BCUT2D eigenvalue weighted by Gasteiger charge is -2.24. The summed E-state index contributed by atoms with van der Waals surface area (Å²) in [6, 6.07) is 5.78. The van der Waals surface area contributed by atoms with Crippen molar-refractivity contribution in [1.29, 1.82) is 0 Å². The number of ether oxygens (including phenoxy) is 1. The Bertz CT molecular complexity index is 439. The molecule has 0 radical (unpaired) electrons. The average Bonchev–Trinajstić information content (AvgIpc) is 2.28. The van der Waals surface area contributed by atoms with Crippen molar-refractivity contribution in [2.75, 3.05) is 12.4 Å². The molecule has 0 fully saturated rings. The maximum atomic E-state index is 11.1. The van der Waals surface area contributed by atoms with E-state index in [1.165, 1.54) is 0 Å². The van der Waals surface area contributed by atoms with E-state index in [1.54, 1.807) is 21.0 Å². The Labute approximate surface area is 108 Å². The van der Waals surface area contributed by atoms with Gasteiger partial charge in [0.05, 0.1) is 12.8 Å². The third-order valence-corrected chi connectivity index (χ3v) is 2.87. The number of hydrogen-bond donors (Lipinski definition) is 2. The third-order valence-electron chi connectivity index (χ3n) is 2.87. The van der Waals surface area contributed by atoms with Gasteiger partial charge in [-0.3, -0.25) is 0 Å². The van der Waals surface area contributed by atoms with Gasteiger partial charge in [-0.25, -0.2) is 4.79 Å². The van der Waals surface area contributed by atoms with E-state index in [0.717, 1.165) is 5.56 Å². The van der Waals surface area contributed by atoms with Crippen molar-refractivity contribution >= 4 is 11.7 Å². The Morgan fingerprint density at radius 3 is 2.44 bits per heavy atom. The van der Waals surface area contributed by atoms with Crippen LogP contribution in [0.15, 0.2) is 18.2 Å². The number of methoxy groups -OCH3 is 1. The van der Waals surface area contributed by atoms with Crippen molar-refractivity contribution in [3.63, 3.8) is 0 Å². The zero-order valence-electron chi connectivity index (χ0n) is 11.6. The minimum atomic E-state index is -1.04. The molecule has 0 saturated carbocycles. The summed E-state index contributed by atoms with van der Waals surface area (Å²) in [5, 5.41) is 12.1. The second kappa shape index (κ2) is 5.29. The minimum absolute atomic E-state index is 0.403. The van der Waals surface area contributed by atoms with Crippen LogP contribution in [0.4, 0.5) is 5.69 Å². The molecule has 2 N–H and O–H groups in total. The highest BCUT2D eigenvalue weighted by Gasteiger charge is 2.27. The lowest BCUT2D eigenvalue weighted by molar-refractivity contribution is -0.141. The van der Waals surface area contributed by atoms with Gasteiger partial charge in [0.1, 0.15) is 11.3 Å². The summed E-state index contributed by atoms with van der Waals surface area (Å²) in [4.78, 5) is 11.1. The normalized spacial score (nSPS) is 11.4. The third kappa shape index (κ3) is 3.15. The molecule has 0 heterocycles. The van der Waals surface area contributed by atoms with Crippen LogP contribution in [-0.4, -0.2) is 23.7 Å². The molecule has 0 atom stereocenters. The Balaban J connectivity index is 3.07. The Kier molecular flexibility index (Phi) is 4.22. The molecule has 0 saturated heterocycles. The van der Waals surface area contributed by atoms with Gasteiger partial charge >= 0.3 is 5.97 Å². The van der Waals surface area contributed by atoms with Crippen LogP contribution in [-0.2, 0) is 4.79 Å². The van der Waals surface area contributed by atoms with Crippen LogP contribution in [0, 0.1) is 0 Å². The number of carboxylic acid groups (broad SMARTS) is 1. The monoisotopic (exact) mass is 251 g/mol. The van der Waals surface area contributed by atoms with Crippen LogP contribution >= 0.6 is 0 Å². The highest BCUT2D eigenvalue weighted by molar-refractivity contribution is 5.82. The van der Waals surface area contributed by atoms with Gasteiger partial charge in [-0.05, 0) is 37.5 Å². The first-order valence-electron chi connectivity index (χ1n) is 5.97. The molecular formula is C14H21NO3. The number of hydrogen-bond acceptors (Lipinski definition) is 3. The van der Waals surface area contributed by atoms with Crippen LogP contribution in [0.5, 0.6) is 5.75 Å². The average molecular weight is 251 g/mol. The van der Waals surface area contributed by atoms with Gasteiger partial charge in [-0.15, -0.1) is 0 Å². The predicted octanol–water partition coefficient (Wildman–Crippen LogP) is 3.09. The molecular weight excluding hydrogens is 230 g/mol. The molecule has 0 unspecified atom stereocenters. The van der Waals surface area contributed by atoms with Crippen LogP contribution in [0.1, 0.15) is 39.2 Å². The lowest BCUT2D eigenvalue weighted by atomic mass is 10.0. The molecule has 0 spiro atoms. The lowest BCUT2D eigenvalue weighted by Crippen LogP contribution is -2.40. The van der Waals surface area contributed by atoms with Crippen LogP contribution in [0.2, 0.25) is 0 Å². The molecule has 1 aromatic carbocycles. The molecule has 0 aliphatic carbocycles. The summed E-state index contributed by atoms with van der Waals surface area (Å²) in [7, 11) is 1.58. The zero-order chi connectivity index (χ0) is 13.9. The highest BCUT2D eigenvalue weighted by atomic mass is 16.5. The topological polar surface area (TPSA) is 58.6 Å². The summed E-state index contributed by atoms with van der Waals surface area (Å²) >= 11 is 0. The number of carboxylic acids is 1. The molecule has 0 amide bonds. The van der Waals surface area contributed by atoms with Crippen molar-refractivity contribution < 1.29 is 14.6 Å². The van der Waals surface area contributed by atoms with Gasteiger partial charge in [0.15, 0.2) is 0 Å². The molecule has 1 rings (SSSR count). The Hall–Kier alpha value is -1.71. The van der Waals surface area contributed by atoms with Crippen molar-refractivity contribution in [3.05, 3.63) is 23.8 Å². The highest BCUT2D eigenvalue weighted by Crippen LogP contribution is 2.30. The number of aliphatic carboxylic acids is 1. The van der Waals surface area contributed by atoms with E-state index in [-0.39, 0.29) is 0 Å². The predicted molar refractivity (Wildman–Crippen MR) is 72.4 cm³/mol. The van der Waals surface area contributed by atoms with Crippen LogP contribution in [0.3, 0.4) is 0 Å². The SMILES string of the molecule is COc1cc(C(C)C)ccc1NC(C)(C)C(=O)O. The van der Waals surface area contributed by atoms with Gasteiger partial charge < -0.3 is 15.2 Å². The van der Waals surface area contributed by atoms with Crippen molar-refractivity contribution in [2.24, 2.45) is 0 Å². The summed E-state index contributed by atoms with van der Waals surface area (Å²) in [6.07, 6.45) is 0. The number of carbonyl (C=O) groups is 1. The molecule has 0 bridgehead atoms. The fourth-order valence-corrected chi connectivity index (χ4v) is 1.56. The zero-order valence-corrected chi connectivity index (χ0v) is 11.6. The minimum Gasteiger partial charge on any atom is -0.495 e. The van der Waals surface area contributed by atoms with E-state index >= 15 is 0 Å². The second-order valence-corrected chi connectivity index (χ2v) is 5.17. The first-order chi connectivity index (χ1) is 8.27. The molecule has 4 heteroatoms.